The fraction of sp³-hybridized carbons (Fsp3) is 0.333. The van der Waals surface area contributed by atoms with Crippen LogP contribution in [-0.4, -0.2) is 19.6 Å². The maximum absolute atomic E-state index is 4.58. The van der Waals surface area contributed by atoms with Crippen molar-refractivity contribution >= 4 is 21.5 Å². The largest absolute Gasteiger partial charge is 0.274 e. The maximum atomic E-state index is 4.58. The van der Waals surface area contributed by atoms with E-state index in [1.54, 1.807) is 4.68 Å². The highest BCUT2D eigenvalue weighted by atomic mass is 79.9. The van der Waals surface area contributed by atoms with Gasteiger partial charge in [0.2, 0.25) is 0 Å². The van der Waals surface area contributed by atoms with Crippen molar-refractivity contribution in [1.29, 1.82) is 0 Å². The maximum Gasteiger partial charge on any atom is 0.136 e. The highest BCUT2D eigenvalue weighted by Gasteiger charge is 2.17. The van der Waals surface area contributed by atoms with Gasteiger partial charge in [0, 0.05) is 36.6 Å². The molecule has 0 atom stereocenters. The van der Waals surface area contributed by atoms with Crippen LogP contribution >= 0.6 is 15.9 Å². The normalized spacial score (nSPS) is 14.0. The number of halogens is 1. The standard InChI is InChI=1S/C12H13BrN4/c1-8(10-7-16(2)15-12(10)13)11-6-9-4-3-5-17(9)14-11/h6-7H,1,3-5H2,2H3. The van der Waals surface area contributed by atoms with Crippen LogP contribution in [0.3, 0.4) is 0 Å². The fourth-order valence-corrected chi connectivity index (χ4v) is 2.80. The third-order valence-electron chi connectivity index (χ3n) is 3.08. The third-order valence-corrected chi connectivity index (χ3v) is 3.67. The lowest BCUT2D eigenvalue weighted by Crippen LogP contribution is -1.95. The van der Waals surface area contributed by atoms with Crippen molar-refractivity contribution in [3.63, 3.8) is 0 Å². The van der Waals surface area contributed by atoms with Gasteiger partial charge in [-0.25, -0.2) is 0 Å². The summed E-state index contributed by atoms with van der Waals surface area (Å²) < 4.78 is 4.66. The molecule has 0 amide bonds. The van der Waals surface area contributed by atoms with Crippen LogP contribution in [0.1, 0.15) is 23.4 Å². The number of rotatable bonds is 2. The Morgan fingerprint density at radius 1 is 1.47 bits per heavy atom. The molecule has 0 saturated heterocycles. The predicted molar refractivity (Wildman–Crippen MR) is 69.6 cm³/mol. The summed E-state index contributed by atoms with van der Waals surface area (Å²) in [4.78, 5) is 0. The summed E-state index contributed by atoms with van der Waals surface area (Å²) in [6, 6.07) is 2.13. The second-order valence-electron chi connectivity index (χ2n) is 4.33. The molecule has 3 heterocycles. The quantitative estimate of drug-likeness (QED) is 0.852. The molecule has 0 saturated carbocycles. The molecular weight excluding hydrogens is 280 g/mol. The van der Waals surface area contributed by atoms with Crippen molar-refractivity contribution in [1.82, 2.24) is 19.6 Å². The molecule has 0 unspecified atom stereocenters. The molecule has 88 valence electrons. The average Bonchev–Trinajstić information content (AvgIpc) is 2.90. The van der Waals surface area contributed by atoms with Gasteiger partial charge in [-0.1, -0.05) is 6.58 Å². The first kappa shape index (κ1) is 10.8. The van der Waals surface area contributed by atoms with E-state index in [1.165, 1.54) is 12.1 Å². The SMILES string of the molecule is C=C(c1cc2n(n1)CCC2)c1cn(C)nc1Br. The second-order valence-corrected chi connectivity index (χ2v) is 5.08. The third kappa shape index (κ3) is 1.74. The molecule has 0 radical (unpaired) electrons. The van der Waals surface area contributed by atoms with Gasteiger partial charge in [-0.15, -0.1) is 0 Å². The van der Waals surface area contributed by atoms with Crippen LogP contribution in [0.5, 0.6) is 0 Å². The van der Waals surface area contributed by atoms with Crippen molar-refractivity contribution in [2.75, 3.05) is 0 Å². The number of nitrogens with zero attached hydrogens (tertiary/aromatic N) is 4. The van der Waals surface area contributed by atoms with E-state index in [9.17, 15) is 0 Å². The van der Waals surface area contributed by atoms with E-state index in [4.69, 9.17) is 0 Å². The Kier molecular flexibility index (Phi) is 2.43. The molecule has 2 aromatic rings. The van der Waals surface area contributed by atoms with Crippen molar-refractivity contribution in [2.24, 2.45) is 7.05 Å². The van der Waals surface area contributed by atoms with Gasteiger partial charge < -0.3 is 0 Å². The highest BCUT2D eigenvalue weighted by Crippen LogP contribution is 2.28. The van der Waals surface area contributed by atoms with E-state index in [-0.39, 0.29) is 0 Å². The Balaban J connectivity index is 1.98. The number of hydrogen-bond donors (Lipinski definition) is 0. The van der Waals surface area contributed by atoms with Gasteiger partial charge >= 0.3 is 0 Å². The van der Waals surface area contributed by atoms with Gasteiger partial charge in [0.25, 0.3) is 0 Å². The van der Waals surface area contributed by atoms with E-state index in [2.05, 4.69) is 43.5 Å². The molecule has 0 fully saturated rings. The van der Waals surface area contributed by atoms with E-state index in [0.29, 0.717) is 0 Å². The van der Waals surface area contributed by atoms with Gasteiger partial charge in [0.15, 0.2) is 0 Å². The summed E-state index contributed by atoms with van der Waals surface area (Å²) in [5.74, 6) is 0. The van der Waals surface area contributed by atoms with Crippen LogP contribution in [-0.2, 0) is 20.0 Å². The average molecular weight is 293 g/mol. The number of aromatic nitrogens is 4. The molecule has 0 aliphatic carbocycles. The zero-order valence-corrected chi connectivity index (χ0v) is 11.2. The minimum absolute atomic E-state index is 0.818. The Labute approximate surface area is 108 Å². The lowest BCUT2D eigenvalue weighted by atomic mass is 10.1. The Morgan fingerprint density at radius 2 is 2.29 bits per heavy atom. The number of fused-ring (bicyclic) bond motifs is 1. The van der Waals surface area contributed by atoms with Crippen molar-refractivity contribution in [2.45, 2.75) is 19.4 Å². The Bertz CT molecular complexity index is 572. The van der Waals surface area contributed by atoms with Crippen molar-refractivity contribution in [3.05, 3.63) is 40.4 Å². The van der Waals surface area contributed by atoms with Crippen molar-refractivity contribution < 1.29 is 0 Å². The molecule has 3 rings (SSSR count). The fourth-order valence-electron chi connectivity index (χ4n) is 2.21. The molecule has 0 spiro atoms. The Hall–Kier alpha value is -1.36. The predicted octanol–water partition coefficient (Wildman–Crippen LogP) is 2.39. The molecule has 5 heteroatoms. The molecule has 1 aliphatic heterocycles. The van der Waals surface area contributed by atoms with E-state index < -0.39 is 0 Å². The zero-order valence-electron chi connectivity index (χ0n) is 9.65. The molecule has 2 aromatic heterocycles. The topological polar surface area (TPSA) is 35.6 Å². The summed E-state index contributed by atoms with van der Waals surface area (Å²) in [5.41, 5.74) is 4.19. The summed E-state index contributed by atoms with van der Waals surface area (Å²) in [6.45, 7) is 5.15. The zero-order chi connectivity index (χ0) is 12.0. The lowest BCUT2D eigenvalue weighted by molar-refractivity contribution is 0.654. The van der Waals surface area contributed by atoms with Crippen LogP contribution in [0.25, 0.3) is 5.57 Å². The minimum atomic E-state index is 0.818. The van der Waals surface area contributed by atoms with E-state index in [0.717, 1.165) is 34.4 Å². The summed E-state index contributed by atoms with van der Waals surface area (Å²) in [7, 11) is 1.90. The molecule has 17 heavy (non-hydrogen) atoms. The first-order chi connectivity index (χ1) is 8.15. The van der Waals surface area contributed by atoms with Crippen LogP contribution in [0.4, 0.5) is 0 Å². The highest BCUT2D eigenvalue weighted by molar-refractivity contribution is 9.10. The summed E-state index contributed by atoms with van der Waals surface area (Å²) in [6.07, 6.45) is 4.27. The van der Waals surface area contributed by atoms with Crippen LogP contribution in [0, 0.1) is 0 Å². The van der Waals surface area contributed by atoms with Gasteiger partial charge in [-0.2, -0.15) is 10.2 Å². The van der Waals surface area contributed by atoms with Gasteiger partial charge in [0.1, 0.15) is 4.60 Å². The smallest absolute Gasteiger partial charge is 0.136 e. The van der Waals surface area contributed by atoms with E-state index >= 15 is 0 Å². The van der Waals surface area contributed by atoms with Gasteiger partial charge in [-0.05, 0) is 34.8 Å². The monoisotopic (exact) mass is 292 g/mol. The minimum Gasteiger partial charge on any atom is -0.274 e. The molecular formula is C12H13BrN4. The summed E-state index contributed by atoms with van der Waals surface area (Å²) >= 11 is 3.44. The number of aryl methyl sites for hydroxylation is 3. The molecule has 0 bridgehead atoms. The summed E-state index contributed by atoms with van der Waals surface area (Å²) in [5, 5.41) is 8.84. The number of hydrogen-bond acceptors (Lipinski definition) is 2. The van der Waals surface area contributed by atoms with E-state index in [1.807, 2.05) is 13.2 Å². The van der Waals surface area contributed by atoms with Crippen LogP contribution in [0.2, 0.25) is 0 Å². The second kappa shape index (κ2) is 3.84. The van der Waals surface area contributed by atoms with Gasteiger partial charge in [0.05, 0.1) is 5.69 Å². The molecule has 1 aliphatic rings. The first-order valence-electron chi connectivity index (χ1n) is 5.60. The first-order valence-corrected chi connectivity index (χ1v) is 6.40. The van der Waals surface area contributed by atoms with Crippen LogP contribution in [0.15, 0.2) is 23.4 Å². The lowest BCUT2D eigenvalue weighted by Gasteiger charge is -1.99. The molecule has 4 nitrogen and oxygen atoms in total. The molecule has 0 N–H and O–H groups in total. The van der Waals surface area contributed by atoms with Crippen LogP contribution < -0.4 is 0 Å². The van der Waals surface area contributed by atoms with Crippen molar-refractivity contribution in [3.8, 4) is 0 Å². The molecule has 0 aromatic carbocycles. The Morgan fingerprint density at radius 3 is 2.94 bits per heavy atom. The van der Waals surface area contributed by atoms with Gasteiger partial charge in [-0.3, -0.25) is 9.36 Å².